The van der Waals surface area contributed by atoms with Gasteiger partial charge in [-0.25, -0.2) is 12.8 Å². The van der Waals surface area contributed by atoms with Crippen molar-refractivity contribution in [3.05, 3.63) is 34.1 Å². The normalized spacial score (nSPS) is 11.3. The molecule has 7 heteroatoms. The lowest BCUT2D eigenvalue weighted by atomic mass is 10.2. The predicted octanol–water partition coefficient (Wildman–Crippen LogP) is 1.75. The highest BCUT2D eigenvalue weighted by atomic mass is 79.9. The molecule has 1 rings (SSSR count). The van der Waals surface area contributed by atoms with Gasteiger partial charge in [0.1, 0.15) is 5.82 Å². The minimum atomic E-state index is -3.11. The smallest absolute Gasteiger partial charge is 0.251 e. The summed E-state index contributed by atoms with van der Waals surface area (Å²) in [5.74, 6) is -1.11. The van der Waals surface area contributed by atoms with Gasteiger partial charge >= 0.3 is 0 Å². The molecule has 0 saturated heterocycles. The first-order valence-corrected chi connectivity index (χ1v) is 7.91. The van der Waals surface area contributed by atoms with E-state index in [2.05, 4.69) is 21.2 Å². The molecule has 0 atom stereocenters. The standard InChI is InChI=1S/C11H13BrFNO3S/c1-2-18(16,17)6-5-14-11(15)8-3-4-9(12)10(13)7-8/h3-4,7H,2,5-6H2,1H3,(H,14,15). The van der Waals surface area contributed by atoms with Crippen LogP contribution in [0.1, 0.15) is 17.3 Å². The lowest BCUT2D eigenvalue weighted by Gasteiger charge is -2.05. The molecular weight excluding hydrogens is 325 g/mol. The van der Waals surface area contributed by atoms with Crippen LogP contribution in [0.4, 0.5) is 4.39 Å². The van der Waals surface area contributed by atoms with Crippen molar-refractivity contribution in [3.63, 3.8) is 0 Å². The molecular formula is C11H13BrFNO3S. The molecule has 0 saturated carbocycles. The maximum Gasteiger partial charge on any atom is 0.251 e. The monoisotopic (exact) mass is 337 g/mol. The Hall–Kier alpha value is -0.950. The van der Waals surface area contributed by atoms with Crippen molar-refractivity contribution in [1.82, 2.24) is 5.32 Å². The molecule has 0 aromatic heterocycles. The van der Waals surface area contributed by atoms with E-state index in [1.54, 1.807) is 6.92 Å². The third-order valence-electron chi connectivity index (χ3n) is 2.32. The molecule has 4 nitrogen and oxygen atoms in total. The van der Waals surface area contributed by atoms with Gasteiger partial charge in [-0.15, -0.1) is 0 Å². The average molecular weight is 338 g/mol. The van der Waals surface area contributed by atoms with Crippen LogP contribution >= 0.6 is 15.9 Å². The van der Waals surface area contributed by atoms with Crippen molar-refractivity contribution >= 4 is 31.7 Å². The molecule has 1 N–H and O–H groups in total. The quantitative estimate of drug-likeness (QED) is 0.890. The Morgan fingerprint density at radius 2 is 2.11 bits per heavy atom. The van der Waals surface area contributed by atoms with Crippen molar-refractivity contribution in [3.8, 4) is 0 Å². The van der Waals surface area contributed by atoms with E-state index in [0.717, 1.165) is 6.07 Å². The third kappa shape index (κ3) is 4.38. The van der Waals surface area contributed by atoms with Crippen LogP contribution in [0.15, 0.2) is 22.7 Å². The molecule has 0 aliphatic carbocycles. The van der Waals surface area contributed by atoms with E-state index in [1.807, 2.05) is 0 Å². The molecule has 100 valence electrons. The maximum absolute atomic E-state index is 13.2. The topological polar surface area (TPSA) is 63.2 Å². The highest BCUT2D eigenvalue weighted by Gasteiger charge is 2.11. The first-order valence-electron chi connectivity index (χ1n) is 5.29. The minimum Gasteiger partial charge on any atom is -0.351 e. The first-order chi connectivity index (χ1) is 8.35. The number of hydrogen-bond acceptors (Lipinski definition) is 3. The zero-order valence-electron chi connectivity index (χ0n) is 9.74. The second-order valence-electron chi connectivity index (χ2n) is 3.62. The highest BCUT2D eigenvalue weighted by Crippen LogP contribution is 2.16. The van der Waals surface area contributed by atoms with E-state index in [-0.39, 0.29) is 28.1 Å². The molecule has 1 aromatic carbocycles. The van der Waals surface area contributed by atoms with Crippen LogP contribution in [0.25, 0.3) is 0 Å². The third-order valence-corrected chi connectivity index (χ3v) is 4.67. The largest absolute Gasteiger partial charge is 0.351 e. The summed E-state index contributed by atoms with van der Waals surface area (Å²) in [6, 6.07) is 3.97. The van der Waals surface area contributed by atoms with Crippen LogP contribution in [0, 0.1) is 5.82 Å². The van der Waals surface area contributed by atoms with Crippen molar-refractivity contribution in [2.24, 2.45) is 0 Å². The van der Waals surface area contributed by atoms with Gasteiger partial charge in [-0.1, -0.05) is 6.92 Å². The Morgan fingerprint density at radius 1 is 1.44 bits per heavy atom. The zero-order valence-corrected chi connectivity index (χ0v) is 12.1. The minimum absolute atomic E-state index is 0.0205. The molecule has 1 aromatic rings. The maximum atomic E-state index is 13.2. The van der Waals surface area contributed by atoms with E-state index < -0.39 is 21.6 Å². The van der Waals surface area contributed by atoms with Crippen LogP contribution in [0.3, 0.4) is 0 Å². The summed E-state index contributed by atoms with van der Waals surface area (Å²) >= 11 is 2.98. The lowest BCUT2D eigenvalue weighted by Crippen LogP contribution is -2.29. The van der Waals surface area contributed by atoms with Gasteiger partial charge < -0.3 is 5.32 Å². The predicted molar refractivity (Wildman–Crippen MR) is 70.8 cm³/mol. The Morgan fingerprint density at radius 3 is 2.67 bits per heavy atom. The fourth-order valence-electron chi connectivity index (χ4n) is 1.20. The number of amides is 1. The van der Waals surface area contributed by atoms with E-state index in [1.165, 1.54) is 12.1 Å². The molecule has 0 aliphatic rings. The van der Waals surface area contributed by atoms with Crippen molar-refractivity contribution in [2.45, 2.75) is 6.92 Å². The molecule has 0 radical (unpaired) electrons. The van der Waals surface area contributed by atoms with Crippen molar-refractivity contribution in [1.29, 1.82) is 0 Å². The summed E-state index contributed by atoms with van der Waals surface area (Å²) in [6.45, 7) is 1.56. The SMILES string of the molecule is CCS(=O)(=O)CCNC(=O)c1ccc(Br)c(F)c1. The second kappa shape index (κ2) is 6.29. The molecule has 0 aliphatic heterocycles. The van der Waals surface area contributed by atoms with Crippen LogP contribution in [0.2, 0.25) is 0 Å². The summed E-state index contributed by atoms with van der Waals surface area (Å²) in [7, 11) is -3.11. The van der Waals surface area contributed by atoms with Crippen LogP contribution in [0.5, 0.6) is 0 Å². The molecule has 18 heavy (non-hydrogen) atoms. The molecule has 0 heterocycles. The summed E-state index contributed by atoms with van der Waals surface area (Å²) in [5, 5.41) is 2.44. The number of carbonyl (C=O) groups excluding carboxylic acids is 1. The second-order valence-corrected chi connectivity index (χ2v) is 6.95. The number of nitrogens with one attached hydrogen (secondary N) is 1. The van der Waals surface area contributed by atoms with E-state index >= 15 is 0 Å². The number of halogens is 2. The Bertz CT molecular complexity index is 545. The number of rotatable bonds is 5. The van der Waals surface area contributed by atoms with Gasteiger partial charge in [-0.2, -0.15) is 0 Å². The van der Waals surface area contributed by atoms with E-state index in [4.69, 9.17) is 0 Å². The van der Waals surface area contributed by atoms with Crippen LogP contribution < -0.4 is 5.32 Å². The number of benzene rings is 1. The summed E-state index contributed by atoms with van der Waals surface area (Å²) in [5.41, 5.74) is 0.157. The van der Waals surface area contributed by atoms with Gasteiger partial charge in [0.25, 0.3) is 5.91 Å². The van der Waals surface area contributed by atoms with Crippen LogP contribution in [-0.2, 0) is 9.84 Å². The number of hydrogen-bond donors (Lipinski definition) is 1. The van der Waals surface area contributed by atoms with Gasteiger partial charge in [-0.05, 0) is 34.1 Å². The van der Waals surface area contributed by atoms with Crippen molar-refractivity contribution < 1.29 is 17.6 Å². The van der Waals surface area contributed by atoms with Crippen molar-refractivity contribution in [2.75, 3.05) is 18.1 Å². The number of carbonyl (C=O) groups is 1. The van der Waals surface area contributed by atoms with Gasteiger partial charge in [0, 0.05) is 17.9 Å². The van der Waals surface area contributed by atoms with Gasteiger partial charge in [0.2, 0.25) is 0 Å². The highest BCUT2D eigenvalue weighted by molar-refractivity contribution is 9.10. The lowest BCUT2D eigenvalue weighted by molar-refractivity contribution is 0.0955. The zero-order chi connectivity index (χ0) is 13.8. The molecule has 0 unspecified atom stereocenters. The van der Waals surface area contributed by atoms with E-state index in [0.29, 0.717) is 0 Å². The molecule has 0 spiro atoms. The van der Waals surface area contributed by atoms with Gasteiger partial charge in [-0.3, -0.25) is 4.79 Å². The fourth-order valence-corrected chi connectivity index (χ4v) is 2.15. The number of sulfone groups is 1. The molecule has 1 amide bonds. The summed E-state index contributed by atoms with van der Waals surface area (Å²) < 4.78 is 35.9. The van der Waals surface area contributed by atoms with E-state index in [9.17, 15) is 17.6 Å². The molecule has 0 bridgehead atoms. The average Bonchev–Trinajstić information content (AvgIpc) is 2.32. The first kappa shape index (κ1) is 15.1. The summed E-state index contributed by atoms with van der Waals surface area (Å²) in [6.07, 6.45) is 0. The molecule has 0 fully saturated rings. The van der Waals surface area contributed by atoms with Gasteiger partial charge in [0.05, 0.1) is 10.2 Å². The van der Waals surface area contributed by atoms with Gasteiger partial charge in [0.15, 0.2) is 9.84 Å². The summed E-state index contributed by atoms with van der Waals surface area (Å²) in [4.78, 5) is 11.6. The van der Waals surface area contributed by atoms with Crippen LogP contribution in [-0.4, -0.2) is 32.4 Å². The Labute approximate surface area is 114 Å². The fraction of sp³-hybridized carbons (Fsp3) is 0.364. The Balaban J connectivity index is 2.58. The Kier molecular flexibility index (Phi) is 5.28.